The second kappa shape index (κ2) is 6.59. The fourth-order valence-corrected chi connectivity index (χ4v) is 2.98. The van der Waals surface area contributed by atoms with Gasteiger partial charge in [0.2, 0.25) is 0 Å². The summed E-state index contributed by atoms with van der Waals surface area (Å²) in [5.41, 5.74) is 2.83. The average molecular weight is 372 g/mol. The number of hydrogen-bond acceptors (Lipinski definition) is 3. The standard InChI is InChI=1S/C19H18BrNO2/c1-3-21(4-2)16-10-7-14-11-17(19(22)23-18(14)12-16)13-5-8-15(20)9-6-13/h5-12H,3-4H2,1-2H3. The number of rotatable bonds is 4. The van der Waals surface area contributed by atoms with Crippen LogP contribution in [0.1, 0.15) is 13.8 Å². The predicted octanol–water partition coefficient (Wildman–Crippen LogP) is 5.07. The molecule has 0 bridgehead atoms. The van der Waals surface area contributed by atoms with E-state index in [1.165, 1.54) is 0 Å². The van der Waals surface area contributed by atoms with Crippen molar-refractivity contribution in [3.05, 3.63) is 63.4 Å². The van der Waals surface area contributed by atoms with Crippen molar-refractivity contribution in [1.29, 1.82) is 0 Å². The van der Waals surface area contributed by atoms with Crippen molar-refractivity contribution in [1.82, 2.24) is 0 Å². The number of fused-ring (bicyclic) bond motifs is 1. The van der Waals surface area contributed by atoms with Gasteiger partial charge in [0.25, 0.3) is 0 Å². The Hall–Kier alpha value is -2.07. The van der Waals surface area contributed by atoms with Gasteiger partial charge in [-0.05, 0) is 49.7 Å². The summed E-state index contributed by atoms with van der Waals surface area (Å²) in [7, 11) is 0. The number of hydrogen-bond donors (Lipinski definition) is 0. The van der Waals surface area contributed by atoms with Crippen molar-refractivity contribution in [3.8, 4) is 11.1 Å². The summed E-state index contributed by atoms with van der Waals surface area (Å²) in [6, 6.07) is 15.6. The van der Waals surface area contributed by atoms with Crippen LogP contribution in [0.4, 0.5) is 5.69 Å². The third-order valence-electron chi connectivity index (χ3n) is 4.00. The molecule has 1 aromatic heterocycles. The Balaban J connectivity index is 2.10. The summed E-state index contributed by atoms with van der Waals surface area (Å²) in [6.07, 6.45) is 0. The normalized spacial score (nSPS) is 10.9. The molecule has 0 aliphatic carbocycles. The summed E-state index contributed by atoms with van der Waals surface area (Å²) in [4.78, 5) is 14.6. The van der Waals surface area contributed by atoms with Gasteiger partial charge in [0.1, 0.15) is 5.58 Å². The van der Waals surface area contributed by atoms with Crippen LogP contribution in [-0.2, 0) is 0 Å². The van der Waals surface area contributed by atoms with Gasteiger partial charge in [0.05, 0.1) is 5.56 Å². The Morgan fingerprint density at radius 2 is 1.70 bits per heavy atom. The lowest BCUT2D eigenvalue weighted by molar-refractivity contribution is 0.563. The van der Waals surface area contributed by atoms with Crippen LogP contribution >= 0.6 is 15.9 Å². The van der Waals surface area contributed by atoms with Gasteiger partial charge in [-0.15, -0.1) is 0 Å². The first-order valence-electron chi connectivity index (χ1n) is 7.71. The van der Waals surface area contributed by atoms with Crippen LogP contribution in [0.5, 0.6) is 0 Å². The maximum absolute atomic E-state index is 12.3. The Morgan fingerprint density at radius 3 is 2.35 bits per heavy atom. The largest absolute Gasteiger partial charge is 0.422 e. The van der Waals surface area contributed by atoms with Crippen molar-refractivity contribution < 1.29 is 4.42 Å². The topological polar surface area (TPSA) is 33.5 Å². The summed E-state index contributed by atoms with van der Waals surface area (Å²) < 4.78 is 6.55. The first-order chi connectivity index (χ1) is 11.1. The molecule has 0 aliphatic heterocycles. The zero-order valence-electron chi connectivity index (χ0n) is 13.2. The molecule has 2 aromatic carbocycles. The molecule has 1 heterocycles. The van der Waals surface area contributed by atoms with E-state index in [1.54, 1.807) is 0 Å². The van der Waals surface area contributed by atoms with Crippen molar-refractivity contribution in [2.24, 2.45) is 0 Å². The van der Waals surface area contributed by atoms with Crippen LogP contribution in [0.15, 0.2) is 62.2 Å². The lowest BCUT2D eigenvalue weighted by Crippen LogP contribution is -2.21. The van der Waals surface area contributed by atoms with Gasteiger partial charge in [-0.2, -0.15) is 0 Å². The number of anilines is 1. The molecule has 0 aliphatic rings. The number of halogens is 1. The monoisotopic (exact) mass is 371 g/mol. The van der Waals surface area contributed by atoms with E-state index in [1.807, 2.05) is 42.5 Å². The quantitative estimate of drug-likeness (QED) is 0.600. The van der Waals surface area contributed by atoms with Gasteiger partial charge < -0.3 is 9.32 Å². The molecular formula is C19H18BrNO2. The van der Waals surface area contributed by atoms with E-state index in [0.717, 1.165) is 34.2 Å². The minimum absolute atomic E-state index is 0.309. The van der Waals surface area contributed by atoms with Gasteiger partial charge in [-0.3, -0.25) is 0 Å². The van der Waals surface area contributed by atoms with Crippen molar-refractivity contribution in [2.45, 2.75) is 13.8 Å². The molecule has 118 valence electrons. The SMILES string of the molecule is CCN(CC)c1ccc2cc(-c3ccc(Br)cc3)c(=O)oc2c1. The fraction of sp³-hybridized carbons (Fsp3) is 0.211. The molecule has 3 rings (SSSR count). The molecule has 0 N–H and O–H groups in total. The zero-order chi connectivity index (χ0) is 16.4. The van der Waals surface area contributed by atoms with E-state index >= 15 is 0 Å². The average Bonchev–Trinajstić information content (AvgIpc) is 2.56. The third kappa shape index (κ3) is 3.17. The lowest BCUT2D eigenvalue weighted by atomic mass is 10.1. The van der Waals surface area contributed by atoms with Crippen LogP contribution in [0.25, 0.3) is 22.1 Å². The highest BCUT2D eigenvalue weighted by Gasteiger charge is 2.10. The second-order valence-corrected chi connectivity index (χ2v) is 6.26. The van der Waals surface area contributed by atoms with Gasteiger partial charge in [0.15, 0.2) is 0 Å². The van der Waals surface area contributed by atoms with Gasteiger partial charge >= 0.3 is 5.63 Å². The highest BCUT2D eigenvalue weighted by atomic mass is 79.9. The molecule has 3 aromatic rings. The summed E-state index contributed by atoms with van der Waals surface area (Å²) in [6.45, 7) is 6.06. The summed E-state index contributed by atoms with van der Waals surface area (Å²) in [5, 5.41) is 0.929. The third-order valence-corrected chi connectivity index (χ3v) is 4.53. The van der Waals surface area contributed by atoms with Crippen LogP contribution in [-0.4, -0.2) is 13.1 Å². The molecule has 0 fully saturated rings. The predicted molar refractivity (Wildman–Crippen MR) is 99.2 cm³/mol. The molecule has 0 amide bonds. The molecular weight excluding hydrogens is 354 g/mol. The Labute approximate surface area is 143 Å². The maximum Gasteiger partial charge on any atom is 0.344 e. The van der Waals surface area contributed by atoms with E-state index in [0.29, 0.717) is 11.1 Å². The summed E-state index contributed by atoms with van der Waals surface area (Å²) in [5.74, 6) is 0. The van der Waals surface area contributed by atoms with Gasteiger partial charge in [-0.1, -0.05) is 28.1 Å². The molecule has 23 heavy (non-hydrogen) atoms. The molecule has 0 atom stereocenters. The number of benzene rings is 2. The molecule has 0 radical (unpaired) electrons. The van der Waals surface area contributed by atoms with Crippen molar-refractivity contribution in [3.63, 3.8) is 0 Å². The van der Waals surface area contributed by atoms with Crippen LogP contribution in [0.2, 0.25) is 0 Å². The summed E-state index contributed by atoms with van der Waals surface area (Å²) >= 11 is 3.41. The second-order valence-electron chi connectivity index (χ2n) is 5.35. The van der Waals surface area contributed by atoms with Crippen molar-refractivity contribution >= 4 is 32.6 Å². The van der Waals surface area contributed by atoms with Crippen LogP contribution < -0.4 is 10.5 Å². The van der Waals surface area contributed by atoms with Gasteiger partial charge in [0, 0.05) is 34.7 Å². The van der Waals surface area contributed by atoms with E-state index < -0.39 is 0 Å². The molecule has 0 spiro atoms. The smallest absolute Gasteiger partial charge is 0.344 e. The van der Waals surface area contributed by atoms with E-state index in [2.05, 4.69) is 40.7 Å². The molecule has 0 saturated heterocycles. The van der Waals surface area contributed by atoms with Crippen LogP contribution in [0, 0.1) is 0 Å². The van der Waals surface area contributed by atoms with E-state index in [-0.39, 0.29) is 5.63 Å². The zero-order valence-corrected chi connectivity index (χ0v) is 14.8. The van der Waals surface area contributed by atoms with Crippen LogP contribution in [0.3, 0.4) is 0 Å². The fourth-order valence-electron chi connectivity index (χ4n) is 2.72. The molecule has 0 unspecified atom stereocenters. The Bertz CT molecular complexity index is 880. The Kier molecular flexibility index (Phi) is 4.53. The first-order valence-corrected chi connectivity index (χ1v) is 8.50. The lowest BCUT2D eigenvalue weighted by Gasteiger charge is -2.21. The number of nitrogens with zero attached hydrogens (tertiary/aromatic N) is 1. The first kappa shape index (κ1) is 15.8. The molecule has 0 saturated carbocycles. The molecule has 3 nitrogen and oxygen atoms in total. The minimum Gasteiger partial charge on any atom is -0.422 e. The highest BCUT2D eigenvalue weighted by molar-refractivity contribution is 9.10. The van der Waals surface area contributed by atoms with E-state index in [9.17, 15) is 4.79 Å². The Morgan fingerprint density at radius 1 is 1.00 bits per heavy atom. The maximum atomic E-state index is 12.3. The van der Waals surface area contributed by atoms with Gasteiger partial charge in [-0.25, -0.2) is 4.79 Å². The van der Waals surface area contributed by atoms with E-state index in [4.69, 9.17) is 4.42 Å². The van der Waals surface area contributed by atoms with Crippen molar-refractivity contribution in [2.75, 3.05) is 18.0 Å². The minimum atomic E-state index is -0.309. The molecule has 4 heteroatoms. The highest BCUT2D eigenvalue weighted by Crippen LogP contribution is 2.25.